The first-order chi connectivity index (χ1) is 8.38. The third-order valence-electron chi connectivity index (χ3n) is 2.43. The van der Waals surface area contributed by atoms with Gasteiger partial charge in [0.1, 0.15) is 6.10 Å². The third-order valence-corrected chi connectivity index (χ3v) is 3.52. The van der Waals surface area contributed by atoms with Gasteiger partial charge >= 0.3 is 6.18 Å². The lowest BCUT2D eigenvalue weighted by molar-refractivity contribution is -0.137. The summed E-state index contributed by atoms with van der Waals surface area (Å²) in [6, 6.07) is 6.97. The Hall–Kier alpha value is -1.40. The molecule has 1 atom stereocenters. The minimum Gasteiger partial charge on any atom is -0.383 e. The maximum atomic E-state index is 12.4. The Morgan fingerprint density at radius 3 is 2.33 bits per heavy atom. The van der Waals surface area contributed by atoms with Crippen LogP contribution >= 0.6 is 11.3 Å². The first kappa shape index (κ1) is 13.0. The predicted octanol–water partition coefficient (Wildman–Crippen LogP) is 3.55. The third kappa shape index (κ3) is 2.70. The Labute approximate surface area is 106 Å². The Morgan fingerprint density at radius 1 is 1.22 bits per heavy atom. The van der Waals surface area contributed by atoms with Gasteiger partial charge in [0.15, 0.2) is 5.01 Å². The minimum absolute atomic E-state index is 0.186. The summed E-state index contributed by atoms with van der Waals surface area (Å²) in [5.74, 6) is 0. The second kappa shape index (κ2) is 4.70. The quantitative estimate of drug-likeness (QED) is 0.907. The van der Waals surface area contributed by atoms with Crippen molar-refractivity contribution < 1.29 is 18.3 Å². The smallest absolute Gasteiger partial charge is 0.383 e. The van der Waals surface area contributed by atoms with Crippen molar-refractivity contribution in [3.63, 3.8) is 0 Å². The molecule has 6 heteroatoms. The molecular formula is C12H10F3NOS. The van der Waals surface area contributed by atoms with Crippen LogP contribution in [0.25, 0.3) is 0 Å². The van der Waals surface area contributed by atoms with Gasteiger partial charge in [0, 0.05) is 6.20 Å². The van der Waals surface area contributed by atoms with Crippen molar-refractivity contribution in [1.29, 1.82) is 0 Å². The molecular weight excluding hydrogens is 263 g/mol. The summed E-state index contributed by atoms with van der Waals surface area (Å²) in [6.07, 6.45) is -4.47. The van der Waals surface area contributed by atoms with Crippen LogP contribution in [0.4, 0.5) is 13.2 Å². The Balaban J connectivity index is 2.26. The Kier molecular flexibility index (Phi) is 3.41. The molecule has 1 unspecified atom stereocenters. The number of halogens is 3. The van der Waals surface area contributed by atoms with E-state index in [2.05, 4.69) is 4.98 Å². The molecule has 18 heavy (non-hydrogen) atoms. The maximum absolute atomic E-state index is 12.4. The molecule has 96 valence electrons. The molecule has 0 saturated heterocycles. The average molecular weight is 273 g/mol. The second-order valence-corrected chi connectivity index (χ2v) is 4.94. The van der Waals surface area contributed by atoms with Crippen molar-refractivity contribution >= 4 is 11.3 Å². The van der Waals surface area contributed by atoms with E-state index in [1.165, 1.54) is 0 Å². The van der Waals surface area contributed by atoms with Gasteiger partial charge in [-0.05, 0) is 12.5 Å². The molecule has 0 aliphatic rings. The van der Waals surface area contributed by atoms with Crippen LogP contribution in [-0.4, -0.2) is 10.1 Å². The number of thiazole rings is 1. The van der Waals surface area contributed by atoms with Crippen molar-refractivity contribution in [2.45, 2.75) is 19.2 Å². The average Bonchev–Trinajstić information content (AvgIpc) is 2.78. The largest absolute Gasteiger partial charge is 0.443 e. The Morgan fingerprint density at radius 2 is 1.83 bits per heavy atom. The summed E-state index contributed by atoms with van der Waals surface area (Å²) in [6.45, 7) is 1.89. The van der Waals surface area contributed by atoms with Gasteiger partial charge in [-0.15, -0.1) is 11.3 Å². The number of benzene rings is 1. The lowest BCUT2D eigenvalue weighted by atomic mass is 10.1. The van der Waals surface area contributed by atoms with E-state index < -0.39 is 17.3 Å². The molecule has 0 saturated carbocycles. The van der Waals surface area contributed by atoms with E-state index in [1.54, 1.807) is 24.3 Å². The van der Waals surface area contributed by atoms with Gasteiger partial charge in [0.05, 0.1) is 4.88 Å². The number of aliphatic hydroxyl groups excluding tert-OH is 1. The highest BCUT2D eigenvalue weighted by Gasteiger charge is 2.35. The molecule has 0 amide bonds. The molecule has 0 bridgehead atoms. The summed E-state index contributed by atoms with van der Waals surface area (Å²) >= 11 is 0.461. The first-order valence-corrected chi connectivity index (χ1v) is 5.97. The van der Waals surface area contributed by atoms with Crippen LogP contribution < -0.4 is 0 Å². The highest BCUT2D eigenvalue weighted by molar-refractivity contribution is 7.11. The van der Waals surface area contributed by atoms with Crippen LogP contribution in [-0.2, 0) is 6.18 Å². The zero-order chi connectivity index (χ0) is 13.3. The highest BCUT2D eigenvalue weighted by atomic mass is 32.1. The van der Waals surface area contributed by atoms with Gasteiger partial charge in [0.25, 0.3) is 0 Å². The van der Waals surface area contributed by atoms with E-state index >= 15 is 0 Å². The van der Waals surface area contributed by atoms with Crippen molar-refractivity contribution in [1.82, 2.24) is 4.98 Å². The zero-order valence-corrected chi connectivity index (χ0v) is 10.2. The molecule has 2 rings (SSSR count). The molecule has 2 aromatic rings. The Bertz CT molecular complexity index is 533. The number of hydrogen-bond acceptors (Lipinski definition) is 3. The van der Waals surface area contributed by atoms with E-state index in [-0.39, 0.29) is 4.88 Å². The topological polar surface area (TPSA) is 33.1 Å². The summed E-state index contributed by atoms with van der Waals surface area (Å²) in [7, 11) is 0. The summed E-state index contributed by atoms with van der Waals surface area (Å²) in [5, 5.41) is 9.02. The second-order valence-electron chi connectivity index (χ2n) is 3.88. The van der Waals surface area contributed by atoms with E-state index in [0.29, 0.717) is 16.9 Å². The minimum atomic E-state index is -4.46. The van der Waals surface area contributed by atoms with Gasteiger partial charge in [-0.25, -0.2) is 4.98 Å². The van der Waals surface area contributed by atoms with Crippen LogP contribution in [0, 0.1) is 6.92 Å². The van der Waals surface area contributed by atoms with Gasteiger partial charge in [-0.3, -0.25) is 0 Å². The van der Waals surface area contributed by atoms with Gasteiger partial charge < -0.3 is 5.11 Å². The van der Waals surface area contributed by atoms with Crippen LogP contribution in [0.5, 0.6) is 0 Å². The van der Waals surface area contributed by atoms with Gasteiger partial charge in [0.2, 0.25) is 0 Å². The highest BCUT2D eigenvalue weighted by Crippen LogP contribution is 2.35. The van der Waals surface area contributed by atoms with Crippen molar-refractivity contribution in [3.05, 3.63) is 51.5 Å². The van der Waals surface area contributed by atoms with Crippen molar-refractivity contribution in [2.24, 2.45) is 0 Å². The molecule has 0 radical (unpaired) electrons. The van der Waals surface area contributed by atoms with E-state index in [9.17, 15) is 18.3 Å². The van der Waals surface area contributed by atoms with Crippen LogP contribution in [0.15, 0.2) is 30.5 Å². The number of aromatic nitrogens is 1. The van der Waals surface area contributed by atoms with Crippen molar-refractivity contribution in [3.8, 4) is 0 Å². The molecule has 2 nitrogen and oxygen atoms in total. The predicted molar refractivity (Wildman–Crippen MR) is 62.4 cm³/mol. The fourth-order valence-corrected chi connectivity index (χ4v) is 2.25. The van der Waals surface area contributed by atoms with E-state index in [1.807, 2.05) is 6.92 Å². The normalized spacial score (nSPS) is 13.6. The lowest BCUT2D eigenvalue weighted by Crippen LogP contribution is -2.03. The lowest BCUT2D eigenvalue weighted by Gasteiger charge is -2.08. The number of aliphatic hydroxyl groups is 1. The summed E-state index contributed by atoms with van der Waals surface area (Å²) in [5.41, 5.74) is 1.57. The summed E-state index contributed by atoms with van der Waals surface area (Å²) in [4.78, 5) is 3.47. The van der Waals surface area contributed by atoms with E-state index in [0.717, 1.165) is 11.8 Å². The van der Waals surface area contributed by atoms with Crippen LogP contribution in [0.3, 0.4) is 0 Å². The van der Waals surface area contributed by atoms with Crippen molar-refractivity contribution in [2.75, 3.05) is 0 Å². The zero-order valence-electron chi connectivity index (χ0n) is 9.40. The number of aryl methyl sites for hydroxylation is 1. The molecule has 1 N–H and O–H groups in total. The number of rotatable bonds is 2. The van der Waals surface area contributed by atoms with E-state index in [4.69, 9.17) is 0 Å². The fraction of sp³-hybridized carbons (Fsp3) is 0.250. The molecule has 0 spiro atoms. The molecule has 0 fully saturated rings. The van der Waals surface area contributed by atoms with Crippen LogP contribution in [0.1, 0.15) is 27.1 Å². The molecule has 0 aliphatic heterocycles. The number of nitrogens with zero attached hydrogens (tertiary/aromatic N) is 1. The standard InChI is InChI=1S/C12H10F3NOS/c1-7-2-4-8(5-3-7)10(17)9-6-16-11(18-9)12(13,14)15/h2-6,10,17H,1H3. The van der Waals surface area contributed by atoms with Gasteiger partial charge in [-0.2, -0.15) is 13.2 Å². The number of hydrogen-bond donors (Lipinski definition) is 1. The fourth-order valence-electron chi connectivity index (χ4n) is 1.46. The summed E-state index contributed by atoms with van der Waals surface area (Å²) < 4.78 is 37.2. The van der Waals surface area contributed by atoms with Gasteiger partial charge in [-0.1, -0.05) is 29.8 Å². The number of alkyl halides is 3. The van der Waals surface area contributed by atoms with Crippen LogP contribution in [0.2, 0.25) is 0 Å². The molecule has 1 aromatic heterocycles. The monoisotopic (exact) mass is 273 g/mol. The maximum Gasteiger partial charge on any atom is 0.443 e. The molecule has 1 aromatic carbocycles. The SMILES string of the molecule is Cc1ccc(C(O)c2cnc(C(F)(F)F)s2)cc1. The molecule has 1 heterocycles. The first-order valence-electron chi connectivity index (χ1n) is 5.15. The molecule has 0 aliphatic carbocycles.